The first-order valence-corrected chi connectivity index (χ1v) is 19.9. The maximum absolute atomic E-state index is 13.0. The summed E-state index contributed by atoms with van der Waals surface area (Å²) in [6.45, 7) is 16.3. The van der Waals surface area contributed by atoms with Crippen molar-refractivity contribution < 1.29 is 48.6 Å². The average Bonchev–Trinajstić information content (AvgIpc) is 3.96. The van der Waals surface area contributed by atoms with E-state index >= 15 is 0 Å². The normalized spacial score (nSPS) is 31.9. The molecule has 0 spiro atoms. The lowest BCUT2D eigenvalue weighted by Gasteiger charge is -2.32. The van der Waals surface area contributed by atoms with Gasteiger partial charge < -0.3 is 49.2 Å². The molecule has 1 aromatic carbocycles. The van der Waals surface area contributed by atoms with Gasteiger partial charge in [-0.1, -0.05) is 57.2 Å². The Morgan fingerprint density at radius 3 is 2.56 bits per heavy atom. The van der Waals surface area contributed by atoms with Crippen molar-refractivity contribution in [2.24, 2.45) is 11.8 Å². The molecule has 308 valence electrons. The van der Waals surface area contributed by atoms with Gasteiger partial charge in [0.2, 0.25) is 0 Å². The Labute approximate surface area is 327 Å². The molecule has 2 fully saturated rings. The summed E-state index contributed by atoms with van der Waals surface area (Å²) in [6.07, 6.45) is 7.43. The van der Waals surface area contributed by atoms with E-state index in [2.05, 4.69) is 48.3 Å². The summed E-state index contributed by atoms with van der Waals surface area (Å²) >= 11 is 0. The third-order valence-corrected chi connectivity index (χ3v) is 11.2. The lowest BCUT2D eigenvalue weighted by molar-refractivity contribution is -0.157. The lowest BCUT2D eigenvalue weighted by Crippen LogP contribution is -2.52. The molecule has 0 radical (unpaired) electrons. The van der Waals surface area contributed by atoms with Crippen molar-refractivity contribution in [1.82, 2.24) is 5.32 Å². The van der Waals surface area contributed by atoms with Gasteiger partial charge in [0.15, 0.2) is 0 Å². The van der Waals surface area contributed by atoms with E-state index < -0.39 is 47.5 Å². The van der Waals surface area contributed by atoms with Gasteiger partial charge in [0.05, 0.1) is 43.0 Å². The molecule has 55 heavy (non-hydrogen) atoms. The molecule has 2 unspecified atom stereocenters. The first-order chi connectivity index (χ1) is 26.1. The Balaban J connectivity index is 1.55. The van der Waals surface area contributed by atoms with E-state index in [1.807, 2.05) is 13.8 Å². The number of aliphatic hydroxyl groups excluding tert-OH is 1. The van der Waals surface area contributed by atoms with Crippen LogP contribution in [0.15, 0.2) is 60.2 Å². The largest absolute Gasteiger partial charge is 0.457 e. The van der Waals surface area contributed by atoms with Gasteiger partial charge >= 0.3 is 11.9 Å². The number of methoxy groups -OCH3 is 1. The van der Waals surface area contributed by atoms with Gasteiger partial charge in [0.1, 0.15) is 23.9 Å². The minimum atomic E-state index is -1.46. The van der Waals surface area contributed by atoms with Gasteiger partial charge in [-0.2, -0.15) is 0 Å². The molecule has 0 bridgehead atoms. The minimum Gasteiger partial charge on any atom is -0.457 e. The van der Waals surface area contributed by atoms with Crippen molar-refractivity contribution >= 4 is 17.6 Å². The van der Waals surface area contributed by atoms with Crippen LogP contribution >= 0.6 is 0 Å². The predicted octanol–water partition coefficient (Wildman–Crippen LogP) is 4.79. The summed E-state index contributed by atoms with van der Waals surface area (Å²) in [7, 11) is 1.72. The maximum Gasteiger partial charge on any atom is 0.309 e. The van der Waals surface area contributed by atoms with Crippen LogP contribution in [0.4, 0.5) is 5.69 Å². The zero-order chi connectivity index (χ0) is 40.3. The quantitative estimate of drug-likeness (QED) is 0.0889. The van der Waals surface area contributed by atoms with Crippen molar-refractivity contribution in [1.29, 1.82) is 0 Å². The summed E-state index contributed by atoms with van der Waals surface area (Å²) in [5, 5.41) is 37.4. The van der Waals surface area contributed by atoms with E-state index in [1.54, 1.807) is 51.3 Å². The van der Waals surface area contributed by atoms with Gasteiger partial charge in [-0.05, 0) is 75.8 Å². The number of esters is 2. The van der Waals surface area contributed by atoms with Crippen LogP contribution in [-0.4, -0.2) is 115 Å². The molecule has 12 nitrogen and oxygen atoms in total. The van der Waals surface area contributed by atoms with E-state index in [0.29, 0.717) is 12.1 Å². The molecule has 0 saturated carbocycles. The molecular weight excluding hydrogens is 704 g/mol. The van der Waals surface area contributed by atoms with Crippen LogP contribution in [-0.2, 0) is 39.8 Å². The van der Waals surface area contributed by atoms with Gasteiger partial charge in [-0.3, -0.25) is 9.59 Å². The molecule has 12 heteroatoms. The van der Waals surface area contributed by atoms with E-state index in [-0.39, 0.29) is 49.4 Å². The van der Waals surface area contributed by atoms with Crippen LogP contribution in [0.5, 0.6) is 0 Å². The standard InChI is InChI=1S/C43H66N2O10/c1-9-35(51-8)30(4)39-40(55-39)41(44-27-32-14-16-33(17-15-32)45-22-11-24-52-25-23-45)43(7,50)20-10-12-28(2)38-29(3)13-18-36(53-31(5)46)42(6,49)21-19-34(47)26-37(48)54-38/h10,12-18,20,29-30,34-36,38-41,44,47,49-50H,9,11,19,21-27H2,1-8H3/b18-13+,20-10+,28-12+/t29-,30+,34+,35-,36-,38-,39+,40-,41?,42+,43?/m0/s1. The average molecular weight is 771 g/mol. The van der Waals surface area contributed by atoms with Crippen LogP contribution in [0.25, 0.3) is 0 Å². The molecular formula is C43H66N2O10. The van der Waals surface area contributed by atoms with E-state index in [1.165, 1.54) is 6.92 Å². The number of aliphatic hydroxyl groups is 3. The number of carbonyl (C=O) groups excluding carboxylic acids is 2. The summed E-state index contributed by atoms with van der Waals surface area (Å²) in [4.78, 5) is 27.2. The van der Waals surface area contributed by atoms with Crippen molar-refractivity contribution in [2.75, 3.05) is 38.3 Å². The fourth-order valence-corrected chi connectivity index (χ4v) is 7.73. The number of allylic oxidation sites excluding steroid dienone is 2. The molecule has 4 N–H and O–H groups in total. The van der Waals surface area contributed by atoms with Gasteiger partial charge in [-0.25, -0.2) is 0 Å². The Hall–Kier alpha value is -3.10. The number of hydrogen-bond donors (Lipinski definition) is 4. The fraction of sp³-hybridized carbons (Fsp3) is 0.674. The highest BCUT2D eigenvalue weighted by Gasteiger charge is 2.54. The number of nitrogens with zero attached hydrogens (tertiary/aromatic N) is 1. The number of nitrogens with one attached hydrogen (secondary N) is 1. The number of carbonyl (C=O) groups is 2. The molecule has 3 aliphatic heterocycles. The number of benzene rings is 1. The van der Waals surface area contributed by atoms with Gasteiger partial charge in [0.25, 0.3) is 0 Å². The molecule has 0 aromatic heterocycles. The van der Waals surface area contributed by atoms with Crippen LogP contribution in [0, 0.1) is 11.8 Å². The molecule has 2 saturated heterocycles. The van der Waals surface area contributed by atoms with Crippen molar-refractivity contribution in [2.45, 2.75) is 141 Å². The molecule has 1 aromatic rings. The number of hydrogen-bond acceptors (Lipinski definition) is 12. The zero-order valence-corrected chi connectivity index (χ0v) is 34.1. The summed E-state index contributed by atoms with van der Waals surface area (Å²) in [5.74, 6) is -1.38. The first-order valence-electron chi connectivity index (χ1n) is 19.9. The summed E-state index contributed by atoms with van der Waals surface area (Å²) < 4.78 is 29.0. The Kier molecular flexibility index (Phi) is 16.5. The molecule has 3 aliphatic rings. The zero-order valence-electron chi connectivity index (χ0n) is 34.1. The van der Waals surface area contributed by atoms with Gasteiger partial charge in [0, 0.05) is 57.8 Å². The SMILES string of the molecule is CC[C@H](OC)[C@@H](C)[C@H]1O[C@@H]1C(NCc1ccc(N2CCCOCC2)cc1)C(C)(O)/C=C/C=C(\C)[C@@H]1OC(=O)C[C@H](O)CC[C@@](C)(O)[C@@H](OC(C)=O)/C=C/[C@@H]1C. The topological polar surface area (TPSA) is 160 Å². The number of epoxide rings is 1. The Morgan fingerprint density at radius 1 is 1.16 bits per heavy atom. The Morgan fingerprint density at radius 2 is 1.89 bits per heavy atom. The van der Waals surface area contributed by atoms with Crippen LogP contribution in [0.3, 0.4) is 0 Å². The molecule has 0 aliphatic carbocycles. The third kappa shape index (κ3) is 13.0. The monoisotopic (exact) mass is 770 g/mol. The number of rotatable bonds is 14. The van der Waals surface area contributed by atoms with Crippen molar-refractivity contribution in [3.8, 4) is 0 Å². The Bertz CT molecular complexity index is 1460. The van der Waals surface area contributed by atoms with Crippen LogP contribution < -0.4 is 10.2 Å². The molecule has 11 atom stereocenters. The molecule has 3 heterocycles. The highest BCUT2D eigenvalue weighted by atomic mass is 16.6. The summed E-state index contributed by atoms with van der Waals surface area (Å²) in [6, 6.07) is 8.04. The van der Waals surface area contributed by atoms with E-state index in [0.717, 1.165) is 50.4 Å². The third-order valence-electron chi connectivity index (χ3n) is 11.2. The van der Waals surface area contributed by atoms with Gasteiger partial charge in [-0.15, -0.1) is 0 Å². The van der Waals surface area contributed by atoms with E-state index in [4.69, 9.17) is 23.7 Å². The maximum atomic E-state index is 13.0. The summed E-state index contributed by atoms with van der Waals surface area (Å²) in [5.41, 5.74) is 0.133. The van der Waals surface area contributed by atoms with Crippen LogP contribution in [0.1, 0.15) is 86.1 Å². The van der Waals surface area contributed by atoms with Crippen molar-refractivity contribution in [3.63, 3.8) is 0 Å². The highest BCUT2D eigenvalue weighted by Crippen LogP contribution is 2.39. The molecule has 0 amide bonds. The predicted molar refractivity (Wildman–Crippen MR) is 211 cm³/mol. The number of cyclic esters (lactones) is 1. The number of ether oxygens (including phenoxy) is 5. The minimum absolute atomic E-state index is 0.0277. The smallest absolute Gasteiger partial charge is 0.309 e. The lowest BCUT2D eigenvalue weighted by atomic mass is 9.87. The second kappa shape index (κ2) is 20.4. The second-order valence-electron chi connectivity index (χ2n) is 16.0. The van der Waals surface area contributed by atoms with Crippen molar-refractivity contribution in [3.05, 3.63) is 65.8 Å². The fourth-order valence-electron chi connectivity index (χ4n) is 7.73. The molecule has 4 rings (SSSR count). The van der Waals surface area contributed by atoms with Crippen LogP contribution in [0.2, 0.25) is 0 Å². The number of anilines is 1. The second-order valence-corrected chi connectivity index (χ2v) is 16.0. The highest BCUT2D eigenvalue weighted by molar-refractivity contribution is 5.70. The first kappa shape index (κ1) is 44.6. The van der Waals surface area contributed by atoms with E-state index in [9.17, 15) is 24.9 Å².